The van der Waals surface area contributed by atoms with E-state index >= 15 is 0 Å². The highest BCUT2D eigenvalue weighted by Crippen LogP contribution is 2.26. The lowest BCUT2D eigenvalue weighted by Crippen LogP contribution is -1.99. The zero-order valence-corrected chi connectivity index (χ0v) is 8.12. The lowest BCUT2D eigenvalue weighted by molar-refractivity contribution is 0.0698. The number of halogens is 2. The van der Waals surface area contributed by atoms with Gasteiger partial charge in [-0.25, -0.2) is 14.2 Å². The van der Waals surface area contributed by atoms with E-state index in [2.05, 4.69) is 4.98 Å². The predicted octanol–water partition coefficient (Wildman–Crippen LogP) is 2.73. The maximum absolute atomic E-state index is 13.1. The Bertz CT molecular complexity index is 556. The molecule has 3 nitrogen and oxygen atoms in total. The molecule has 0 saturated heterocycles. The molecule has 1 heterocycles. The van der Waals surface area contributed by atoms with E-state index in [1.807, 2.05) is 0 Å². The quantitative estimate of drug-likeness (QED) is 0.760. The minimum absolute atomic E-state index is 0.0601. The van der Waals surface area contributed by atoms with Crippen LogP contribution in [0.15, 0.2) is 24.4 Å². The van der Waals surface area contributed by atoms with Gasteiger partial charge >= 0.3 is 5.97 Å². The third-order valence-electron chi connectivity index (χ3n) is 2.01. The molecule has 1 aromatic carbocycles. The molecule has 0 fully saturated rings. The zero-order chi connectivity index (χ0) is 11.0. The Morgan fingerprint density at radius 2 is 2.20 bits per heavy atom. The summed E-state index contributed by atoms with van der Waals surface area (Å²) in [6.45, 7) is 0. The van der Waals surface area contributed by atoms with E-state index in [9.17, 15) is 9.18 Å². The number of aromatic nitrogens is 1. The van der Waals surface area contributed by atoms with Crippen LogP contribution in [0.3, 0.4) is 0 Å². The molecule has 1 aromatic heterocycles. The van der Waals surface area contributed by atoms with Gasteiger partial charge in [0.2, 0.25) is 0 Å². The fraction of sp³-hybridized carbons (Fsp3) is 0. The van der Waals surface area contributed by atoms with Gasteiger partial charge in [-0.3, -0.25) is 0 Å². The summed E-state index contributed by atoms with van der Waals surface area (Å²) in [6.07, 6.45) is 1.40. The first kappa shape index (κ1) is 9.86. The van der Waals surface area contributed by atoms with Gasteiger partial charge in [-0.15, -0.1) is 0 Å². The lowest BCUT2D eigenvalue weighted by Gasteiger charge is -2.03. The van der Waals surface area contributed by atoms with Crippen LogP contribution >= 0.6 is 11.6 Å². The molecule has 0 amide bonds. The van der Waals surface area contributed by atoms with Crippen LogP contribution in [0, 0.1) is 5.82 Å². The number of carboxylic acids is 1. The summed E-state index contributed by atoms with van der Waals surface area (Å²) in [5.74, 6) is -1.84. The van der Waals surface area contributed by atoms with E-state index in [-0.39, 0.29) is 16.1 Å². The van der Waals surface area contributed by atoms with Crippen LogP contribution in [0.4, 0.5) is 4.39 Å². The van der Waals surface area contributed by atoms with Crippen molar-refractivity contribution in [2.75, 3.05) is 0 Å². The molecule has 5 heteroatoms. The van der Waals surface area contributed by atoms with E-state index < -0.39 is 11.8 Å². The average Bonchev–Trinajstić information content (AvgIpc) is 2.16. The molecule has 0 aliphatic rings. The minimum atomic E-state index is -1.23. The summed E-state index contributed by atoms with van der Waals surface area (Å²) in [5.41, 5.74) is -0.178. The standard InChI is InChI=1S/C10H5ClFNO2/c11-9-8-5(1-2-13-9)3-6(12)4-7(8)10(14)15/h1-4H,(H,14,15). The van der Waals surface area contributed by atoms with Crippen LogP contribution in [0.1, 0.15) is 10.4 Å². The fourth-order valence-corrected chi connectivity index (χ4v) is 1.67. The van der Waals surface area contributed by atoms with E-state index in [1.54, 1.807) is 0 Å². The monoisotopic (exact) mass is 225 g/mol. The van der Waals surface area contributed by atoms with E-state index in [1.165, 1.54) is 18.3 Å². The first-order chi connectivity index (χ1) is 7.09. The van der Waals surface area contributed by atoms with Gasteiger partial charge in [0, 0.05) is 11.6 Å². The van der Waals surface area contributed by atoms with Gasteiger partial charge in [0.05, 0.1) is 5.56 Å². The van der Waals surface area contributed by atoms with Gasteiger partial charge in [0.15, 0.2) is 0 Å². The fourth-order valence-electron chi connectivity index (χ4n) is 1.41. The number of carboxylic acid groups (broad SMARTS) is 1. The third-order valence-corrected chi connectivity index (χ3v) is 2.30. The number of hydrogen-bond acceptors (Lipinski definition) is 2. The molecular formula is C10H5ClFNO2. The van der Waals surface area contributed by atoms with E-state index in [0.29, 0.717) is 5.39 Å². The van der Waals surface area contributed by atoms with Crippen LogP contribution in [0.2, 0.25) is 5.15 Å². The Morgan fingerprint density at radius 3 is 2.87 bits per heavy atom. The molecule has 0 unspecified atom stereocenters. The van der Waals surface area contributed by atoms with E-state index in [4.69, 9.17) is 16.7 Å². The van der Waals surface area contributed by atoms with Crippen molar-refractivity contribution in [3.05, 3.63) is 40.9 Å². The number of benzene rings is 1. The average molecular weight is 226 g/mol. The van der Waals surface area contributed by atoms with Crippen LogP contribution in [0.5, 0.6) is 0 Å². The van der Waals surface area contributed by atoms with Gasteiger partial charge in [-0.05, 0) is 23.6 Å². The molecular weight excluding hydrogens is 221 g/mol. The molecule has 76 valence electrons. The number of hydrogen-bond donors (Lipinski definition) is 1. The Hall–Kier alpha value is -1.68. The normalized spacial score (nSPS) is 10.5. The molecule has 1 N–H and O–H groups in total. The zero-order valence-electron chi connectivity index (χ0n) is 7.37. The second-order valence-corrected chi connectivity index (χ2v) is 3.32. The molecule has 2 aromatic rings. The molecule has 0 aliphatic heterocycles. The molecule has 0 saturated carbocycles. The molecule has 15 heavy (non-hydrogen) atoms. The van der Waals surface area contributed by atoms with Gasteiger partial charge in [0.25, 0.3) is 0 Å². The molecule has 0 aliphatic carbocycles. The maximum Gasteiger partial charge on any atom is 0.336 e. The Balaban J connectivity index is 2.94. The third kappa shape index (κ3) is 1.64. The van der Waals surface area contributed by atoms with Gasteiger partial charge in [-0.2, -0.15) is 0 Å². The first-order valence-electron chi connectivity index (χ1n) is 4.06. The minimum Gasteiger partial charge on any atom is -0.478 e. The predicted molar refractivity (Wildman–Crippen MR) is 53.7 cm³/mol. The topological polar surface area (TPSA) is 50.2 Å². The van der Waals surface area contributed by atoms with Crippen molar-refractivity contribution in [1.82, 2.24) is 4.98 Å². The number of aromatic carboxylic acids is 1. The Labute approximate surface area is 89.1 Å². The van der Waals surface area contributed by atoms with Crippen LogP contribution < -0.4 is 0 Å². The van der Waals surface area contributed by atoms with Crippen LogP contribution in [0.25, 0.3) is 10.8 Å². The van der Waals surface area contributed by atoms with Gasteiger partial charge < -0.3 is 5.11 Å². The molecule has 0 bridgehead atoms. The first-order valence-corrected chi connectivity index (χ1v) is 4.44. The molecule has 0 atom stereocenters. The Kier molecular flexibility index (Phi) is 2.28. The molecule has 0 spiro atoms. The summed E-state index contributed by atoms with van der Waals surface area (Å²) in [4.78, 5) is 14.6. The smallest absolute Gasteiger partial charge is 0.336 e. The van der Waals surface area contributed by atoms with Crippen molar-refractivity contribution in [1.29, 1.82) is 0 Å². The summed E-state index contributed by atoms with van der Waals surface area (Å²) in [6, 6.07) is 3.66. The lowest BCUT2D eigenvalue weighted by atomic mass is 10.1. The molecule has 2 rings (SSSR count). The maximum atomic E-state index is 13.1. The second kappa shape index (κ2) is 3.47. The van der Waals surface area contributed by atoms with Crippen molar-refractivity contribution in [2.45, 2.75) is 0 Å². The van der Waals surface area contributed by atoms with Crippen molar-refractivity contribution in [3.63, 3.8) is 0 Å². The SMILES string of the molecule is O=C(O)c1cc(F)cc2ccnc(Cl)c12. The summed E-state index contributed by atoms with van der Waals surface area (Å²) < 4.78 is 13.1. The van der Waals surface area contributed by atoms with E-state index in [0.717, 1.165) is 6.07 Å². The summed E-state index contributed by atoms with van der Waals surface area (Å²) in [5, 5.41) is 9.62. The van der Waals surface area contributed by atoms with Crippen molar-refractivity contribution in [2.24, 2.45) is 0 Å². The number of carbonyl (C=O) groups is 1. The highest BCUT2D eigenvalue weighted by atomic mass is 35.5. The Morgan fingerprint density at radius 1 is 1.47 bits per heavy atom. The highest BCUT2D eigenvalue weighted by molar-refractivity contribution is 6.35. The second-order valence-electron chi connectivity index (χ2n) is 2.96. The van der Waals surface area contributed by atoms with Crippen molar-refractivity contribution in [3.8, 4) is 0 Å². The summed E-state index contributed by atoms with van der Waals surface area (Å²) in [7, 11) is 0. The van der Waals surface area contributed by atoms with Crippen LogP contribution in [-0.4, -0.2) is 16.1 Å². The van der Waals surface area contributed by atoms with Crippen molar-refractivity contribution < 1.29 is 14.3 Å². The van der Waals surface area contributed by atoms with Gasteiger partial charge in [-0.1, -0.05) is 11.6 Å². The summed E-state index contributed by atoms with van der Waals surface area (Å²) >= 11 is 5.76. The number of fused-ring (bicyclic) bond motifs is 1. The number of pyridine rings is 1. The number of nitrogens with zero attached hydrogens (tertiary/aromatic N) is 1. The largest absolute Gasteiger partial charge is 0.478 e. The van der Waals surface area contributed by atoms with Crippen molar-refractivity contribution >= 4 is 28.3 Å². The number of rotatable bonds is 1. The van der Waals surface area contributed by atoms with Crippen LogP contribution in [-0.2, 0) is 0 Å². The highest BCUT2D eigenvalue weighted by Gasteiger charge is 2.13. The molecule has 0 radical (unpaired) electrons. The van der Waals surface area contributed by atoms with Gasteiger partial charge in [0.1, 0.15) is 11.0 Å².